The zero-order valence-corrected chi connectivity index (χ0v) is 13.4. The van der Waals surface area contributed by atoms with Gasteiger partial charge in [0.1, 0.15) is 0 Å². The standard InChI is InChI=1S/C18H16NO.BrH/c1-14-11-12-19(17-10-6-5-9-16(14)17)13-18(20)15-7-3-2-4-8-15;/h2-12H,13H2,1H3;1H/q+1;/p-1. The molecule has 3 heteroatoms. The van der Waals surface area contributed by atoms with Gasteiger partial charge in [0, 0.05) is 23.1 Å². The van der Waals surface area contributed by atoms with Crippen LogP contribution in [0, 0.1) is 6.92 Å². The predicted molar refractivity (Wildman–Crippen MR) is 79.7 cm³/mol. The van der Waals surface area contributed by atoms with E-state index in [0.29, 0.717) is 6.54 Å². The van der Waals surface area contributed by atoms with Crippen LogP contribution in [0.15, 0.2) is 66.9 Å². The Balaban J connectivity index is 0.00000161. The predicted octanol–water partition coefficient (Wildman–Crippen LogP) is 0.323. The number of pyridine rings is 1. The highest BCUT2D eigenvalue weighted by Crippen LogP contribution is 2.14. The first-order valence-electron chi connectivity index (χ1n) is 6.72. The fourth-order valence-corrected chi connectivity index (χ4v) is 2.44. The lowest BCUT2D eigenvalue weighted by molar-refractivity contribution is -0.657. The van der Waals surface area contributed by atoms with Crippen LogP contribution in [0.2, 0.25) is 0 Å². The number of hydrogen-bond donors (Lipinski definition) is 0. The Morgan fingerprint density at radius 3 is 2.38 bits per heavy atom. The molecule has 2 aromatic carbocycles. The van der Waals surface area contributed by atoms with Crippen LogP contribution in [0.4, 0.5) is 0 Å². The summed E-state index contributed by atoms with van der Waals surface area (Å²) in [5.41, 5.74) is 3.07. The quantitative estimate of drug-likeness (QED) is 0.496. The number of hydrogen-bond acceptors (Lipinski definition) is 1. The first-order chi connectivity index (χ1) is 9.75. The third-order valence-corrected chi connectivity index (χ3v) is 3.55. The van der Waals surface area contributed by atoms with Crippen molar-refractivity contribution >= 4 is 16.7 Å². The van der Waals surface area contributed by atoms with Gasteiger partial charge in [-0.1, -0.05) is 42.5 Å². The molecule has 0 radical (unpaired) electrons. The maximum absolute atomic E-state index is 12.3. The van der Waals surface area contributed by atoms with Gasteiger partial charge in [-0.05, 0) is 18.6 Å². The van der Waals surface area contributed by atoms with Crippen LogP contribution < -0.4 is 21.5 Å². The normalized spacial score (nSPS) is 10.1. The van der Waals surface area contributed by atoms with Gasteiger partial charge in [0.25, 0.3) is 0 Å². The highest BCUT2D eigenvalue weighted by atomic mass is 79.9. The van der Waals surface area contributed by atoms with Crippen molar-refractivity contribution in [3.63, 3.8) is 0 Å². The number of nitrogens with zero attached hydrogens (tertiary/aromatic N) is 1. The lowest BCUT2D eigenvalue weighted by atomic mass is 10.1. The second-order valence-corrected chi connectivity index (χ2v) is 4.93. The largest absolute Gasteiger partial charge is 1.00 e. The number of carbonyl (C=O) groups is 1. The van der Waals surface area contributed by atoms with Gasteiger partial charge in [-0.2, -0.15) is 4.57 Å². The van der Waals surface area contributed by atoms with Crippen molar-refractivity contribution in [2.75, 3.05) is 0 Å². The van der Waals surface area contributed by atoms with Gasteiger partial charge in [-0.3, -0.25) is 4.79 Å². The lowest BCUT2D eigenvalue weighted by Crippen LogP contribution is -3.00. The van der Waals surface area contributed by atoms with Gasteiger partial charge in [0.2, 0.25) is 17.8 Å². The van der Waals surface area contributed by atoms with Gasteiger partial charge >= 0.3 is 0 Å². The Kier molecular flexibility index (Phi) is 4.86. The van der Waals surface area contributed by atoms with E-state index < -0.39 is 0 Å². The van der Waals surface area contributed by atoms with Crippen LogP contribution in [0.1, 0.15) is 15.9 Å². The zero-order chi connectivity index (χ0) is 13.9. The third kappa shape index (κ3) is 3.19. The van der Waals surface area contributed by atoms with Crippen molar-refractivity contribution in [2.24, 2.45) is 0 Å². The summed E-state index contributed by atoms with van der Waals surface area (Å²) in [5.74, 6) is 0.129. The number of aromatic nitrogens is 1. The molecule has 0 spiro atoms. The summed E-state index contributed by atoms with van der Waals surface area (Å²) in [4.78, 5) is 12.3. The average molecular weight is 342 g/mol. The summed E-state index contributed by atoms with van der Waals surface area (Å²) < 4.78 is 2.01. The molecule has 0 saturated heterocycles. The first kappa shape index (κ1) is 15.4. The van der Waals surface area contributed by atoms with E-state index in [1.807, 2.05) is 53.2 Å². The summed E-state index contributed by atoms with van der Waals surface area (Å²) in [6, 6.07) is 19.7. The average Bonchev–Trinajstić information content (AvgIpc) is 2.51. The summed E-state index contributed by atoms with van der Waals surface area (Å²) >= 11 is 0. The van der Waals surface area contributed by atoms with E-state index in [9.17, 15) is 4.79 Å². The topological polar surface area (TPSA) is 20.9 Å². The van der Waals surface area contributed by atoms with E-state index in [1.54, 1.807) is 0 Å². The number of ketones is 1. The van der Waals surface area contributed by atoms with Crippen molar-refractivity contribution in [3.8, 4) is 0 Å². The number of benzene rings is 2. The van der Waals surface area contributed by atoms with Crippen molar-refractivity contribution in [1.82, 2.24) is 0 Å². The van der Waals surface area contributed by atoms with Crippen molar-refractivity contribution < 1.29 is 26.3 Å². The minimum Gasteiger partial charge on any atom is -1.00 e. The van der Waals surface area contributed by atoms with E-state index >= 15 is 0 Å². The smallest absolute Gasteiger partial charge is 0.227 e. The Morgan fingerprint density at radius 1 is 0.952 bits per heavy atom. The van der Waals surface area contributed by atoms with Gasteiger partial charge in [0.15, 0.2) is 6.20 Å². The molecule has 0 amide bonds. The van der Waals surface area contributed by atoms with Gasteiger partial charge < -0.3 is 17.0 Å². The van der Waals surface area contributed by atoms with E-state index in [0.717, 1.165) is 11.1 Å². The van der Waals surface area contributed by atoms with Gasteiger partial charge in [-0.15, -0.1) is 0 Å². The van der Waals surface area contributed by atoms with Crippen molar-refractivity contribution in [2.45, 2.75) is 13.5 Å². The minimum absolute atomic E-state index is 0. The molecule has 3 rings (SSSR count). The maximum Gasteiger partial charge on any atom is 0.227 e. The van der Waals surface area contributed by atoms with Crippen molar-refractivity contribution in [1.29, 1.82) is 0 Å². The Hall–Kier alpha value is -2.00. The Bertz CT molecular complexity index is 769. The molecule has 0 bridgehead atoms. The second-order valence-electron chi connectivity index (χ2n) is 4.93. The van der Waals surface area contributed by atoms with Crippen LogP contribution >= 0.6 is 0 Å². The van der Waals surface area contributed by atoms with E-state index in [-0.39, 0.29) is 22.8 Å². The number of carbonyl (C=O) groups excluding carboxylic acids is 1. The zero-order valence-electron chi connectivity index (χ0n) is 11.8. The fraction of sp³-hybridized carbons (Fsp3) is 0.111. The molecule has 0 aliphatic rings. The molecule has 21 heavy (non-hydrogen) atoms. The molecule has 0 aliphatic heterocycles. The van der Waals surface area contributed by atoms with Crippen LogP contribution in [-0.2, 0) is 6.54 Å². The molecule has 0 N–H and O–H groups in total. The molecule has 0 aliphatic carbocycles. The molecular formula is C18H16BrNO. The molecule has 1 aromatic heterocycles. The maximum atomic E-state index is 12.3. The summed E-state index contributed by atoms with van der Waals surface area (Å²) in [6.07, 6.45) is 1.98. The second kappa shape index (κ2) is 6.64. The molecule has 106 valence electrons. The molecule has 1 heterocycles. The van der Waals surface area contributed by atoms with Gasteiger partial charge in [-0.25, -0.2) is 0 Å². The number of fused-ring (bicyclic) bond motifs is 1. The number of aryl methyl sites for hydroxylation is 1. The number of rotatable bonds is 3. The Labute approximate surface area is 134 Å². The van der Waals surface area contributed by atoms with Crippen LogP contribution in [0.5, 0.6) is 0 Å². The number of Topliss-reactive ketones (excluding diaryl/α,β-unsaturated/α-hetero) is 1. The summed E-state index contributed by atoms with van der Waals surface area (Å²) in [6.45, 7) is 2.45. The Morgan fingerprint density at radius 2 is 1.62 bits per heavy atom. The highest BCUT2D eigenvalue weighted by Gasteiger charge is 2.15. The fourth-order valence-electron chi connectivity index (χ4n) is 2.44. The molecule has 0 saturated carbocycles. The van der Waals surface area contributed by atoms with E-state index in [2.05, 4.69) is 25.1 Å². The molecule has 0 atom stereocenters. The molecule has 2 nitrogen and oxygen atoms in total. The van der Waals surface area contributed by atoms with E-state index in [4.69, 9.17) is 0 Å². The molecular weight excluding hydrogens is 326 g/mol. The number of para-hydroxylation sites is 1. The lowest BCUT2D eigenvalue weighted by Gasteiger charge is -2.03. The molecule has 0 unspecified atom stereocenters. The highest BCUT2D eigenvalue weighted by molar-refractivity contribution is 5.95. The van der Waals surface area contributed by atoms with Crippen LogP contribution in [-0.4, -0.2) is 5.78 Å². The number of halogens is 1. The third-order valence-electron chi connectivity index (χ3n) is 3.55. The summed E-state index contributed by atoms with van der Waals surface area (Å²) in [5, 5.41) is 1.19. The van der Waals surface area contributed by atoms with Crippen molar-refractivity contribution in [3.05, 3.63) is 78.0 Å². The molecule has 0 fully saturated rings. The first-order valence-corrected chi connectivity index (χ1v) is 6.72. The summed E-state index contributed by atoms with van der Waals surface area (Å²) in [7, 11) is 0. The monoisotopic (exact) mass is 341 g/mol. The SMILES string of the molecule is Cc1cc[n+](CC(=O)c2ccccc2)c2ccccc12.[Br-]. The minimum atomic E-state index is 0. The van der Waals surface area contributed by atoms with Crippen LogP contribution in [0.25, 0.3) is 10.9 Å². The van der Waals surface area contributed by atoms with Gasteiger partial charge in [0.05, 0.1) is 0 Å². The molecule has 3 aromatic rings. The van der Waals surface area contributed by atoms with E-state index in [1.165, 1.54) is 10.9 Å². The van der Waals surface area contributed by atoms with Crippen LogP contribution in [0.3, 0.4) is 0 Å².